The fourth-order valence-corrected chi connectivity index (χ4v) is 3.88. The van der Waals surface area contributed by atoms with Crippen LogP contribution in [0.5, 0.6) is 0 Å². The molecule has 2 aliphatic heterocycles. The summed E-state index contributed by atoms with van der Waals surface area (Å²) < 4.78 is 5.68. The predicted molar refractivity (Wildman–Crippen MR) is 121 cm³/mol. The van der Waals surface area contributed by atoms with Gasteiger partial charge in [-0.2, -0.15) is 0 Å². The van der Waals surface area contributed by atoms with E-state index in [1.165, 1.54) is 4.90 Å². The van der Waals surface area contributed by atoms with E-state index < -0.39 is 0 Å². The number of aliphatic imine (C=N–C) groups is 1. The SMILES string of the molecule is CC(C)N1C(=O)CN(C(=NCC(=O)N(C)C)NCC2CCCO2)CC1(C)C.I. The highest BCUT2D eigenvalue weighted by molar-refractivity contribution is 14.0. The zero-order valence-corrected chi connectivity index (χ0v) is 20.4. The van der Waals surface area contributed by atoms with E-state index in [9.17, 15) is 9.59 Å². The molecule has 2 saturated heterocycles. The summed E-state index contributed by atoms with van der Waals surface area (Å²) in [5, 5.41) is 3.34. The molecule has 2 heterocycles. The van der Waals surface area contributed by atoms with Crippen LogP contribution in [0.3, 0.4) is 0 Å². The summed E-state index contributed by atoms with van der Waals surface area (Å²) in [5.41, 5.74) is -0.318. The van der Waals surface area contributed by atoms with Crippen LogP contribution in [-0.4, -0.2) is 97.0 Å². The summed E-state index contributed by atoms with van der Waals surface area (Å²) in [5.74, 6) is 0.607. The third kappa shape index (κ3) is 6.47. The van der Waals surface area contributed by atoms with Crippen molar-refractivity contribution in [3.8, 4) is 0 Å². The van der Waals surface area contributed by atoms with Crippen LogP contribution in [0.1, 0.15) is 40.5 Å². The second kappa shape index (κ2) is 10.6. The number of amides is 2. The third-order valence-electron chi connectivity index (χ3n) is 5.02. The van der Waals surface area contributed by atoms with Crippen molar-refractivity contribution in [2.24, 2.45) is 4.99 Å². The van der Waals surface area contributed by atoms with Crippen LogP contribution in [0, 0.1) is 0 Å². The maximum atomic E-state index is 12.8. The summed E-state index contributed by atoms with van der Waals surface area (Å²) in [6.07, 6.45) is 2.24. The highest BCUT2D eigenvalue weighted by Crippen LogP contribution is 2.24. The Morgan fingerprint density at radius 2 is 2.07 bits per heavy atom. The van der Waals surface area contributed by atoms with Crippen molar-refractivity contribution in [2.75, 3.05) is 46.9 Å². The molecule has 1 N–H and O–H groups in total. The van der Waals surface area contributed by atoms with Gasteiger partial charge in [0.25, 0.3) is 0 Å². The third-order valence-corrected chi connectivity index (χ3v) is 5.02. The summed E-state index contributed by atoms with van der Waals surface area (Å²) in [6, 6.07) is 0.144. The molecular formula is C19H36IN5O3. The Morgan fingerprint density at radius 1 is 1.39 bits per heavy atom. The van der Waals surface area contributed by atoms with E-state index in [1.807, 2.05) is 23.6 Å². The fourth-order valence-electron chi connectivity index (χ4n) is 3.88. The Kier molecular flexibility index (Phi) is 9.45. The van der Waals surface area contributed by atoms with Crippen LogP contribution in [0.25, 0.3) is 0 Å². The van der Waals surface area contributed by atoms with E-state index in [4.69, 9.17) is 4.74 Å². The molecule has 0 spiro atoms. The highest BCUT2D eigenvalue weighted by Gasteiger charge is 2.40. The fraction of sp³-hybridized carbons (Fsp3) is 0.842. The first-order valence-corrected chi connectivity index (χ1v) is 9.79. The largest absolute Gasteiger partial charge is 0.376 e. The zero-order valence-electron chi connectivity index (χ0n) is 18.0. The van der Waals surface area contributed by atoms with E-state index in [-0.39, 0.29) is 66.6 Å². The van der Waals surface area contributed by atoms with Gasteiger partial charge in [-0.05, 0) is 40.5 Å². The molecule has 0 bridgehead atoms. The van der Waals surface area contributed by atoms with Gasteiger partial charge in [-0.15, -0.1) is 24.0 Å². The molecule has 2 aliphatic rings. The maximum Gasteiger partial charge on any atom is 0.243 e. The van der Waals surface area contributed by atoms with Gasteiger partial charge in [0.05, 0.1) is 18.2 Å². The number of hydrogen-bond donors (Lipinski definition) is 1. The molecule has 2 fully saturated rings. The van der Waals surface area contributed by atoms with Gasteiger partial charge in [0.1, 0.15) is 6.54 Å². The molecule has 8 nitrogen and oxygen atoms in total. The minimum atomic E-state index is -0.318. The van der Waals surface area contributed by atoms with Crippen molar-refractivity contribution in [1.82, 2.24) is 20.0 Å². The van der Waals surface area contributed by atoms with Crippen molar-refractivity contribution in [3.63, 3.8) is 0 Å². The first-order valence-electron chi connectivity index (χ1n) is 9.79. The van der Waals surface area contributed by atoms with E-state index in [0.29, 0.717) is 19.0 Å². The Bertz CT molecular complexity index is 574. The van der Waals surface area contributed by atoms with Gasteiger partial charge < -0.3 is 24.8 Å². The highest BCUT2D eigenvalue weighted by atomic mass is 127. The Balaban J connectivity index is 0.00000392. The number of nitrogens with one attached hydrogen (secondary N) is 1. The van der Waals surface area contributed by atoms with E-state index in [1.54, 1.807) is 14.1 Å². The van der Waals surface area contributed by atoms with Gasteiger partial charge in [0.2, 0.25) is 11.8 Å². The lowest BCUT2D eigenvalue weighted by Gasteiger charge is -2.49. The topological polar surface area (TPSA) is 77.5 Å². The Hall–Kier alpha value is -1.10. The van der Waals surface area contributed by atoms with E-state index in [2.05, 4.69) is 24.2 Å². The smallest absolute Gasteiger partial charge is 0.243 e. The summed E-state index contributed by atoms with van der Waals surface area (Å²) in [6.45, 7) is 10.6. The minimum Gasteiger partial charge on any atom is -0.376 e. The predicted octanol–water partition coefficient (Wildman–Crippen LogP) is 1.15. The number of hydrogen-bond acceptors (Lipinski definition) is 4. The van der Waals surface area contributed by atoms with E-state index >= 15 is 0 Å². The summed E-state index contributed by atoms with van der Waals surface area (Å²) >= 11 is 0. The molecule has 0 saturated carbocycles. The molecule has 0 radical (unpaired) electrons. The number of ether oxygens (including phenoxy) is 1. The van der Waals surface area contributed by atoms with Crippen molar-refractivity contribution in [3.05, 3.63) is 0 Å². The zero-order chi connectivity index (χ0) is 20.2. The molecule has 2 rings (SSSR count). The van der Waals surface area contributed by atoms with Gasteiger partial charge in [-0.3, -0.25) is 9.59 Å². The second-order valence-corrected chi connectivity index (χ2v) is 8.47. The first-order chi connectivity index (χ1) is 12.6. The van der Waals surface area contributed by atoms with Crippen LogP contribution in [0.15, 0.2) is 4.99 Å². The molecule has 0 aromatic carbocycles. The number of likely N-dealkylation sites (N-methyl/N-ethyl adjacent to an activating group) is 1. The number of rotatable bonds is 5. The molecule has 0 aromatic heterocycles. The molecule has 9 heteroatoms. The number of piperazine rings is 1. The molecule has 0 aromatic rings. The van der Waals surface area contributed by atoms with Crippen LogP contribution in [-0.2, 0) is 14.3 Å². The number of nitrogens with zero attached hydrogens (tertiary/aromatic N) is 4. The lowest BCUT2D eigenvalue weighted by atomic mass is 9.96. The molecule has 1 unspecified atom stereocenters. The van der Waals surface area contributed by atoms with Crippen LogP contribution in [0.2, 0.25) is 0 Å². The number of guanidine groups is 1. The molecule has 1 atom stereocenters. The van der Waals surface area contributed by atoms with Gasteiger partial charge in [0, 0.05) is 39.8 Å². The van der Waals surface area contributed by atoms with Crippen LogP contribution < -0.4 is 5.32 Å². The lowest BCUT2D eigenvalue weighted by molar-refractivity contribution is -0.145. The van der Waals surface area contributed by atoms with Crippen molar-refractivity contribution >= 4 is 41.8 Å². The molecule has 0 aliphatic carbocycles. The average Bonchev–Trinajstić information content (AvgIpc) is 3.05. The van der Waals surface area contributed by atoms with Gasteiger partial charge in [0.15, 0.2) is 5.96 Å². The number of halogens is 1. The van der Waals surface area contributed by atoms with Gasteiger partial charge >= 0.3 is 0 Å². The lowest BCUT2D eigenvalue weighted by Crippen LogP contribution is -2.66. The minimum absolute atomic E-state index is 0. The van der Waals surface area contributed by atoms with Crippen LogP contribution in [0.4, 0.5) is 0 Å². The first kappa shape index (κ1) is 24.9. The van der Waals surface area contributed by atoms with Crippen molar-refractivity contribution in [1.29, 1.82) is 0 Å². The second-order valence-electron chi connectivity index (χ2n) is 8.47. The average molecular weight is 509 g/mol. The molecule has 162 valence electrons. The monoisotopic (exact) mass is 509 g/mol. The van der Waals surface area contributed by atoms with Crippen molar-refractivity contribution < 1.29 is 14.3 Å². The standard InChI is InChI=1S/C19H35N5O3.HI/c1-14(2)24-17(26)12-23(13-19(24,3)4)18(21-11-16(25)22(5)6)20-10-15-8-7-9-27-15;/h14-15H,7-13H2,1-6H3,(H,20,21);1H. The number of carbonyl (C=O) groups is 2. The van der Waals surface area contributed by atoms with Crippen LogP contribution >= 0.6 is 24.0 Å². The maximum absolute atomic E-state index is 12.8. The Labute approximate surface area is 186 Å². The summed E-state index contributed by atoms with van der Waals surface area (Å²) in [7, 11) is 3.43. The molecular weight excluding hydrogens is 473 g/mol. The van der Waals surface area contributed by atoms with Gasteiger partial charge in [-0.25, -0.2) is 4.99 Å². The normalized spacial score (nSPS) is 22.3. The molecule has 28 heavy (non-hydrogen) atoms. The number of carbonyl (C=O) groups excluding carboxylic acids is 2. The quantitative estimate of drug-likeness (QED) is 0.342. The van der Waals surface area contributed by atoms with Gasteiger partial charge in [-0.1, -0.05) is 0 Å². The van der Waals surface area contributed by atoms with Crippen molar-refractivity contribution in [2.45, 2.75) is 58.2 Å². The summed E-state index contributed by atoms with van der Waals surface area (Å²) in [4.78, 5) is 34.7. The van der Waals surface area contributed by atoms with E-state index in [0.717, 1.165) is 19.4 Å². The molecule has 2 amide bonds. The Morgan fingerprint density at radius 3 is 2.57 bits per heavy atom.